The normalized spacial score (nSPS) is 22.4. The van der Waals surface area contributed by atoms with Crippen molar-refractivity contribution >= 4 is 40.1 Å². The van der Waals surface area contributed by atoms with E-state index in [0.29, 0.717) is 23.4 Å². The van der Waals surface area contributed by atoms with Crippen LogP contribution in [0.5, 0.6) is 0 Å². The number of anilines is 2. The summed E-state index contributed by atoms with van der Waals surface area (Å²) in [6, 6.07) is 9.15. The van der Waals surface area contributed by atoms with Crippen molar-refractivity contribution in [1.82, 2.24) is 19.7 Å². The van der Waals surface area contributed by atoms with Gasteiger partial charge in [-0.3, -0.25) is 14.3 Å². The standard InChI is InChI=1S/C25H27FN6O3S/c1-16-14-17(2-3-18(16)24(34)31-9-12-36-13-10-31)29-22-21-19(4-8-28-23(21)33)32(30-22)25(5-7-27)6-11-35-15-20(25)26/h2-4,8,14,20H,5-6,9-13,15H2,1H3,(H,28,33)(H,29,30)/t20-,25+/m0/s1. The Morgan fingerprint density at radius 2 is 2.19 bits per heavy atom. The molecule has 2 fully saturated rings. The molecule has 0 saturated carbocycles. The number of halogens is 1. The molecule has 2 aliphatic rings. The van der Waals surface area contributed by atoms with Gasteiger partial charge in [-0.2, -0.15) is 22.1 Å². The third kappa shape index (κ3) is 4.24. The largest absolute Gasteiger partial charge is 0.378 e. The summed E-state index contributed by atoms with van der Waals surface area (Å²) in [5.41, 5.74) is 0.907. The van der Waals surface area contributed by atoms with Crippen molar-refractivity contribution in [1.29, 1.82) is 5.26 Å². The van der Waals surface area contributed by atoms with Crippen molar-refractivity contribution in [2.24, 2.45) is 0 Å². The van der Waals surface area contributed by atoms with Crippen LogP contribution in [0, 0.1) is 18.3 Å². The third-order valence-electron chi connectivity index (χ3n) is 6.96. The minimum Gasteiger partial charge on any atom is -0.378 e. The molecule has 0 spiro atoms. The Kier molecular flexibility index (Phi) is 6.73. The van der Waals surface area contributed by atoms with Crippen LogP contribution < -0.4 is 10.9 Å². The number of nitrogens with zero attached hydrogens (tertiary/aromatic N) is 4. The minimum atomic E-state index is -1.46. The van der Waals surface area contributed by atoms with Crippen molar-refractivity contribution in [2.75, 3.05) is 43.1 Å². The lowest BCUT2D eigenvalue weighted by molar-refractivity contribution is -0.0511. The maximum Gasteiger partial charge on any atom is 0.261 e. The van der Waals surface area contributed by atoms with Crippen molar-refractivity contribution < 1.29 is 13.9 Å². The number of benzene rings is 1. The second-order valence-electron chi connectivity index (χ2n) is 9.12. The lowest BCUT2D eigenvalue weighted by Gasteiger charge is -2.38. The van der Waals surface area contributed by atoms with E-state index in [1.807, 2.05) is 29.7 Å². The van der Waals surface area contributed by atoms with Crippen molar-refractivity contribution in [3.8, 4) is 6.07 Å². The lowest BCUT2D eigenvalue weighted by atomic mass is 9.85. The number of amides is 1. The smallest absolute Gasteiger partial charge is 0.261 e. The molecule has 0 aliphatic carbocycles. The Morgan fingerprint density at radius 1 is 1.39 bits per heavy atom. The Balaban J connectivity index is 1.52. The lowest BCUT2D eigenvalue weighted by Crippen LogP contribution is -2.49. The first-order valence-electron chi connectivity index (χ1n) is 11.9. The maximum atomic E-state index is 15.3. The molecule has 0 bridgehead atoms. The summed E-state index contributed by atoms with van der Waals surface area (Å²) in [6.45, 7) is 3.50. The van der Waals surface area contributed by atoms with Gasteiger partial charge in [0.1, 0.15) is 17.1 Å². The SMILES string of the molecule is Cc1cc(Nc2nn([C@]3(CC#N)CCOC[C@@H]3F)c3cc[nH]c(=O)c23)ccc1C(=O)N1CCSCC1. The second-order valence-corrected chi connectivity index (χ2v) is 10.3. The fourth-order valence-electron chi connectivity index (χ4n) is 4.96. The fourth-order valence-corrected chi connectivity index (χ4v) is 5.86. The van der Waals surface area contributed by atoms with Gasteiger partial charge in [0.15, 0.2) is 5.82 Å². The van der Waals surface area contributed by atoms with Crippen molar-refractivity contribution in [2.45, 2.75) is 31.5 Å². The predicted molar refractivity (Wildman–Crippen MR) is 137 cm³/mol. The number of aryl methyl sites for hydroxylation is 1. The highest BCUT2D eigenvalue weighted by Crippen LogP contribution is 2.38. The molecule has 0 unspecified atom stereocenters. The number of aromatic amines is 1. The van der Waals surface area contributed by atoms with Crippen molar-refractivity contribution in [3.63, 3.8) is 0 Å². The van der Waals surface area contributed by atoms with Gasteiger partial charge in [-0.05, 0) is 43.2 Å². The Morgan fingerprint density at radius 3 is 2.92 bits per heavy atom. The zero-order valence-corrected chi connectivity index (χ0v) is 20.7. The van der Waals surface area contributed by atoms with E-state index in [2.05, 4.69) is 21.5 Å². The molecular weight excluding hydrogens is 483 g/mol. The summed E-state index contributed by atoms with van der Waals surface area (Å²) in [5.74, 6) is 2.15. The van der Waals surface area contributed by atoms with E-state index in [9.17, 15) is 14.9 Å². The molecule has 0 radical (unpaired) electrons. The van der Waals surface area contributed by atoms with Gasteiger partial charge in [-0.1, -0.05) is 0 Å². The summed E-state index contributed by atoms with van der Waals surface area (Å²) in [5, 5.41) is 17.6. The van der Waals surface area contributed by atoms with Gasteiger partial charge >= 0.3 is 0 Å². The van der Waals surface area contributed by atoms with E-state index in [1.54, 1.807) is 18.2 Å². The number of carbonyl (C=O) groups is 1. The number of nitrogens with one attached hydrogen (secondary N) is 2. The number of aromatic nitrogens is 3. The fraction of sp³-hybridized carbons (Fsp3) is 0.440. The Bertz CT molecular complexity index is 1390. The first-order chi connectivity index (χ1) is 17.4. The van der Waals surface area contributed by atoms with Gasteiger partial charge in [-0.15, -0.1) is 0 Å². The summed E-state index contributed by atoms with van der Waals surface area (Å²) in [4.78, 5) is 30.3. The molecule has 1 aromatic carbocycles. The van der Waals surface area contributed by atoms with Gasteiger partial charge in [-0.25, -0.2) is 4.39 Å². The van der Waals surface area contributed by atoms with Gasteiger partial charge in [0.25, 0.3) is 11.5 Å². The predicted octanol–water partition coefficient (Wildman–Crippen LogP) is 3.33. The number of hydrogen-bond acceptors (Lipinski definition) is 7. The highest BCUT2D eigenvalue weighted by atomic mass is 32.2. The molecule has 2 saturated heterocycles. The summed E-state index contributed by atoms with van der Waals surface area (Å²) in [7, 11) is 0. The number of H-pyrrole nitrogens is 1. The average molecular weight is 511 g/mol. The first-order valence-corrected chi connectivity index (χ1v) is 13.0. The van der Waals surface area contributed by atoms with Crippen LogP contribution in [0.3, 0.4) is 0 Å². The van der Waals surface area contributed by atoms with E-state index >= 15 is 4.39 Å². The van der Waals surface area contributed by atoms with E-state index in [-0.39, 0.29) is 42.1 Å². The molecule has 2 atom stereocenters. The van der Waals surface area contributed by atoms with Crippen LogP contribution in [-0.2, 0) is 10.3 Å². The van der Waals surface area contributed by atoms with Gasteiger partial charge < -0.3 is 19.9 Å². The molecule has 5 rings (SSSR count). The molecule has 2 N–H and O–H groups in total. The Hall–Kier alpha value is -3.36. The number of fused-ring (bicyclic) bond motifs is 1. The molecular formula is C25H27FN6O3S. The zero-order valence-electron chi connectivity index (χ0n) is 19.9. The zero-order chi connectivity index (χ0) is 25.3. The van der Waals surface area contributed by atoms with Crippen molar-refractivity contribution in [3.05, 3.63) is 51.9 Å². The summed E-state index contributed by atoms with van der Waals surface area (Å²) < 4.78 is 22.1. The number of nitriles is 1. The summed E-state index contributed by atoms with van der Waals surface area (Å²) >= 11 is 1.85. The summed E-state index contributed by atoms with van der Waals surface area (Å²) in [6.07, 6.45) is 0.186. The monoisotopic (exact) mass is 510 g/mol. The number of hydrogen-bond donors (Lipinski definition) is 2. The number of alkyl halides is 1. The maximum absolute atomic E-state index is 15.3. The Labute approximate surface area is 211 Å². The molecule has 9 nitrogen and oxygen atoms in total. The van der Waals surface area contributed by atoms with Crippen LogP contribution in [0.25, 0.3) is 10.9 Å². The van der Waals surface area contributed by atoms with Crippen LogP contribution in [0.4, 0.5) is 15.9 Å². The molecule has 2 aromatic heterocycles. The number of pyridine rings is 1. The average Bonchev–Trinajstić information content (AvgIpc) is 3.26. The highest BCUT2D eigenvalue weighted by Gasteiger charge is 2.46. The molecule has 3 aromatic rings. The third-order valence-corrected chi connectivity index (χ3v) is 7.90. The van der Waals surface area contributed by atoms with Gasteiger partial charge in [0, 0.05) is 48.6 Å². The van der Waals surface area contributed by atoms with Crippen LogP contribution in [0.2, 0.25) is 0 Å². The van der Waals surface area contributed by atoms with E-state index in [4.69, 9.17) is 4.74 Å². The minimum absolute atomic E-state index is 0.0115. The van der Waals surface area contributed by atoms with E-state index in [0.717, 1.165) is 30.2 Å². The van der Waals surface area contributed by atoms with Gasteiger partial charge in [0.2, 0.25) is 0 Å². The van der Waals surface area contributed by atoms with Crippen LogP contribution in [-0.4, -0.2) is 69.6 Å². The molecule has 188 valence electrons. The van der Waals surface area contributed by atoms with E-state index < -0.39 is 11.7 Å². The van der Waals surface area contributed by atoms with Crippen LogP contribution >= 0.6 is 11.8 Å². The van der Waals surface area contributed by atoms with E-state index in [1.165, 1.54) is 10.9 Å². The van der Waals surface area contributed by atoms with Gasteiger partial charge in [0.05, 0.1) is 24.6 Å². The second kappa shape index (κ2) is 9.95. The first kappa shape index (κ1) is 24.3. The topological polar surface area (TPSA) is 116 Å². The number of thioether (sulfide) groups is 1. The molecule has 4 heterocycles. The number of carbonyl (C=O) groups excluding carboxylic acids is 1. The number of rotatable bonds is 5. The van der Waals surface area contributed by atoms with Crippen LogP contribution in [0.15, 0.2) is 35.3 Å². The number of ether oxygens (including phenoxy) is 1. The van der Waals surface area contributed by atoms with Crippen LogP contribution in [0.1, 0.15) is 28.8 Å². The molecule has 36 heavy (non-hydrogen) atoms. The quantitative estimate of drug-likeness (QED) is 0.541. The highest BCUT2D eigenvalue weighted by molar-refractivity contribution is 7.99. The molecule has 2 aliphatic heterocycles. The molecule has 1 amide bonds. The molecule has 11 heteroatoms.